The van der Waals surface area contributed by atoms with Gasteiger partial charge in [0.25, 0.3) is 5.89 Å². The van der Waals surface area contributed by atoms with Crippen LogP contribution in [-0.4, -0.2) is 28.8 Å². The summed E-state index contributed by atoms with van der Waals surface area (Å²) in [6, 6.07) is 5.72. The van der Waals surface area contributed by atoms with Crippen LogP contribution in [0.15, 0.2) is 22.6 Å². The molecule has 0 atom stereocenters. The first-order valence-corrected chi connectivity index (χ1v) is 5.20. The van der Waals surface area contributed by atoms with Gasteiger partial charge < -0.3 is 9.73 Å². The molecule has 84 valence electrons. The summed E-state index contributed by atoms with van der Waals surface area (Å²) < 4.78 is 5.50. The van der Waals surface area contributed by atoms with Crippen LogP contribution in [0.5, 0.6) is 0 Å². The van der Waals surface area contributed by atoms with Crippen LogP contribution in [0, 0.1) is 6.92 Å². The minimum absolute atomic E-state index is 0.481. The van der Waals surface area contributed by atoms with Crippen molar-refractivity contribution in [1.29, 1.82) is 0 Å². The number of nitrogens with zero attached hydrogens (tertiary/aromatic N) is 3. The van der Waals surface area contributed by atoms with E-state index in [1.807, 2.05) is 32.2 Å². The smallest absolute Gasteiger partial charge is 0.266 e. The monoisotopic (exact) mass is 218 g/mol. The highest BCUT2D eigenvalue weighted by Crippen LogP contribution is 2.15. The molecule has 5 nitrogen and oxygen atoms in total. The van der Waals surface area contributed by atoms with Gasteiger partial charge in [-0.25, -0.2) is 4.98 Å². The van der Waals surface area contributed by atoms with Crippen molar-refractivity contribution < 1.29 is 4.42 Å². The maximum atomic E-state index is 5.50. The van der Waals surface area contributed by atoms with Crippen LogP contribution in [0.2, 0.25) is 0 Å². The largest absolute Gasteiger partial charge is 0.419 e. The van der Waals surface area contributed by atoms with Gasteiger partial charge in [-0.05, 0) is 26.1 Å². The molecule has 0 fully saturated rings. The Morgan fingerprint density at radius 2 is 2.19 bits per heavy atom. The molecule has 0 radical (unpaired) electrons. The zero-order valence-electron chi connectivity index (χ0n) is 9.40. The Kier molecular flexibility index (Phi) is 3.26. The standard InChI is InChI=1S/C11H14N4O/c1-8-4-3-5-9(13-8)11-15-14-10(16-11)6-7-12-2/h3-5,12H,6-7H2,1-2H3. The third kappa shape index (κ3) is 2.43. The molecule has 5 heteroatoms. The lowest BCUT2D eigenvalue weighted by Crippen LogP contribution is -2.10. The molecule has 0 aliphatic carbocycles. The minimum Gasteiger partial charge on any atom is -0.419 e. The Hall–Kier alpha value is -1.75. The highest BCUT2D eigenvalue weighted by atomic mass is 16.4. The number of likely N-dealkylation sites (N-methyl/N-ethyl adjacent to an activating group) is 1. The van der Waals surface area contributed by atoms with Crippen molar-refractivity contribution in [2.75, 3.05) is 13.6 Å². The van der Waals surface area contributed by atoms with E-state index in [1.54, 1.807) is 0 Å². The molecule has 2 rings (SSSR count). The molecule has 0 aliphatic heterocycles. The first-order valence-electron chi connectivity index (χ1n) is 5.20. The molecule has 0 amide bonds. The second kappa shape index (κ2) is 4.85. The number of hydrogen-bond donors (Lipinski definition) is 1. The number of nitrogens with one attached hydrogen (secondary N) is 1. The van der Waals surface area contributed by atoms with E-state index in [0.29, 0.717) is 11.8 Å². The van der Waals surface area contributed by atoms with Crippen molar-refractivity contribution in [3.8, 4) is 11.6 Å². The molecule has 0 unspecified atom stereocenters. The summed E-state index contributed by atoms with van der Waals surface area (Å²) in [6.07, 6.45) is 0.731. The van der Waals surface area contributed by atoms with Crippen molar-refractivity contribution in [2.45, 2.75) is 13.3 Å². The molecule has 0 saturated heterocycles. The highest BCUT2D eigenvalue weighted by Gasteiger charge is 2.08. The van der Waals surface area contributed by atoms with Gasteiger partial charge in [-0.15, -0.1) is 10.2 Å². The number of rotatable bonds is 4. The van der Waals surface area contributed by atoms with Gasteiger partial charge in [-0.2, -0.15) is 0 Å². The fourth-order valence-electron chi connectivity index (χ4n) is 1.35. The molecule has 1 N–H and O–H groups in total. The quantitative estimate of drug-likeness (QED) is 0.835. The SMILES string of the molecule is CNCCc1nnc(-c2cccc(C)n2)o1. The Morgan fingerprint density at radius 3 is 2.94 bits per heavy atom. The molecule has 2 aromatic heterocycles. The molecule has 2 aromatic rings. The number of hydrogen-bond acceptors (Lipinski definition) is 5. The van der Waals surface area contributed by atoms with E-state index in [9.17, 15) is 0 Å². The molecule has 0 aromatic carbocycles. The summed E-state index contributed by atoms with van der Waals surface area (Å²) in [7, 11) is 1.89. The first kappa shape index (κ1) is 10.8. The van der Waals surface area contributed by atoms with Gasteiger partial charge in [0.1, 0.15) is 5.69 Å². The zero-order chi connectivity index (χ0) is 11.4. The van der Waals surface area contributed by atoms with Crippen molar-refractivity contribution in [3.63, 3.8) is 0 Å². The van der Waals surface area contributed by atoms with Crippen LogP contribution in [-0.2, 0) is 6.42 Å². The summed E-state index contributed by atoms with van der Waals surface area (Å²) in [5, 5.41) is 11.0. The van der Waals surface area contributed by atoms with Gasteiger partial charge in [0.2, 0.25) is 5.89 Å². The molecular formula is C11H14N4O. The number of pyridine rings is 1. The lowest BCUT2D eigenvalue weighted by molar-refractivity contribution is 0.498. The molecule has 2 heterocycles. The van der Waals surface area contributed by atoms with Gasteiger partial charge >= 0.3 is 0 Å². The predicted octanol–water partition coefficient (Wildman–Crippen LogP) is 1.20. The van der Waals surface area contributed by atoms with Gasteiger partial charge in [-0.1, -0.05) is 6.07 Å². The summed E-state index contributed by atoms with van der Waals surface area (Å²) in [4.78, 5) is 4.33. The van der Waals surface area contributed by atoms with Crippen LogP contribution in [0.3, 0.4) is 0 Å². The van der Waals surface area contributed by atoms with Crippen LogP contribution >= 0.6 is 0 Å². The summed E-state index contributed by atoms with van der Waals surface area (Å²) in [6.45, 7) is 2.75. The van der Waals surface area contributed by atoms with E-state index in [4.69, 9.17) is 4.42 Å². The van der Waals surface area contributed by atoms with E-state index in [-0.39, 0.29) is 0 Å². The first-order chi connectivity index (χ1) is 7.79. The Labute approximate surface area is 93.9 Å². The highest BCUT2D eigenvalue weighted by molar-refractivity contribution is 5.45. The van der Waals surface area contributed by atoms with Crippen molar-refractivity contribution in [1.82, 2.24) is 20.5 Å². The Bertz CT molecular complexity index is 467. The fourth-order valence-corrected chi connectivity index (χ4v) is 1.35. The molecule has 0 aliphatic rings. The van der Waals surface area contributed by atoms with Gasteiger partial charge in [-0.3, -0.25) is 0 Å². The van der Waals surface area contributed by atoms with Gasteiger partial charge in [0, 0.05) is 18.7 Å². The molecule has 0 bridgehead atoms. The van der Waals surface area contributed by atoms with Crippen molar-refractivity contribution in [2.24, 2.45) is 0 Å². The van der Waals surface area contributed by atoms with E-state index < -0.39 is 0 Å². The van der Waals surface area contributed by atoms with Crippen LogP contribution in [0.1, 0.15) is 11.6 Å². The average molecular weight is 218 g/mol. The van der Waals surface area contributed by atoms with Crippen LogP contribution in [0.25, 0.3) is 11.6 Å². The van der Waals surface area contributed by atoms with Crippen molar-refractivity contribution >= 4 is 0 Å². The van der Waals surface area contributed by atoms with Crippen LogP contribution < -0.4 is 5.32 Å². The summed E-state index contributed by atoms with van der Waals surface area (Å²) >= 11 is 0. The average Bonchev–Trinajstić information content (AvgIpc) is 2.75. The van der Waals surface area contributed by atoms with E-state index >= 15 is 0 Å². The maximum Gasteiger partial charge on any atom is 0.266 e. The van der Waals surface area contributed by atoms with E-state index in [0.717, 1.165) is 24.4 Å². The molecule has 0 spiro atoms. The lowest BCUT2D eigenvalue weighted by atomic mass is 10.3. The molecular weight excluding hydrogens is 204 g/mol. The summed E-state index contributed by atoms with van der Waals surface area (Å²) in [5.74, 6) is 1.11. The maximum absolute atomic E-state index is 5.50. The van der Waals surface area contributed by atoms with E-state index in [2.05, 4.69) is 20.5 Å². The Balaban J connectivity index is 2.18. The Morgan fingerprint density at radius 1 is 1.31 bits per heavy atom. The molecule has 0 saturated carbocycles. The van der Waals surface area contributed by atoms with E-state index in [1.165, 1.54) is 0 Å². The van der Waals surface area contributed by atoms with Crippen LogP contribution in [0.4, 0.5) is 0 Å². The number of aryl methyl sites for hydroxylation is 1. The van der Waals surface area contributed by atoms with Gasteiger partial charge in [0.15, 0.2) is 0 Å². The van der Waals surface area contributed by atoms with Gasteiger partial charge in [0.05, 0.1) is 0 Å². The normalized spacial score (nSPS) is 10.6. The fraction of sp³-hybridized carbons (Fsp3) is 0.364. The van der Waals surface area contributed by atoms with Crippen molar-refractivity contribution in [3.05, 3.63) is 29.8 Å². The predicted molar refractivity (Wildman–Crippen MR) is 59.9 cm³/mol. The number of aromatic nitrogens is 3. The zero-order valence-corrected chi connectivity index (χ0v) is 9.40. The topological polar surface area (TPSA) is 63.8 Å². The lowest BCUT2D eigenvalue weighted by Gasteiger charge is -1.95. The summed E-state index contributed by atoms with van der Waals surface area (Å²) in [5.41, 5.74) is 1.66. The second-order valence-electron chi connectivity index (χ2n) is 3.52. The minimum atomic E-state index is 0.481. The third-order valence-corrected chi connectivity index (χ3v) is 2.16. The third-order valence-electron chi connectivity index (χ3n) is 2.16. The molecule has 16 heavy (non-hydrogen) atoms. The second-order valence-corrected chi connectivity index (χ2v) is 3.52.